The second-order valence-electron chi connectivity index (χ2n) is 9.27. The van der Waals surface area contributed by atoms with Gasteiger partial charge in [0.25, 0.3) is 10.0 Å². The Balaban J connectivity index is 1.96. The van der Waals surface area contributed by atoms with E-state index in [9.17, 15) is 26.4 Å². The first-order valence-electron chi connectivity index (χ1n) is 12.0. The van der Waals surface area contributed by atoms with E-state index in [-0.39, 0.29) is 16.5 Å². The number of halogens is 3. The number of benzene rings is 3. The summed E-state index contributed by atoms with van der Waals surface area (Å²) in [6.07, 6.45) is -4.69. The van der Waals surface area contributed by atoms with Crippen molar-refractivity contribution in [2.75, 3.05) is 18.0 Å². The Kier molecular flexibility index (Phi) is 8.76. The van der Waals surface area contributed by atoms with Gasteiger partial charge in [-0.15, -0.1) is 0 Å². The number of nitrogens with one attached hydrogen (secondary N) is 1. The average molecular weight is 549 g/mol. The maximum atomic E-state index is 13.5. The zero-order valence-electron chi connectivity index (χ0n) is 21.8. The Hall–Kier alpha value is -3.53. The van der Waals surface area contributed by atoms with E-state index in [1.165, 1.54) is 30.3 Å². The SMILES string of the molecule is COc1cc(C)c([C@@H](C)NC(=O)CN(c2cccc(C(F)(F)F)c2)S(=O)(=O)c2ccccc2)cc1C(C)C. The molecule has 3 aromatic rings. The molecule has 0 saturated carbocycles. The number of carbonyl (C=O) groups excluding carboxylic acids is 1. The molecule has 0 spiro atoms. The van der Waals surface area contributed by atoms with Crippen molar-refractivity contribution in [1.29, 1.82) is 0 Å². The summed E-state index contributed by atoms with van der Waals surface area (Å²) >= 11 is 0. The maximum absolute atomic E-state index is 13.5. The van der Waals surface area contributed by atoms with Crippen molar-refractivity contribution in [1.82, 2.24) is 5.32 Å². The molecule has 1 atom stereocenters. The molecule has 0 aliphatic heterocycles. The molecule has 3 rings (SSSR count). The van der Waals surface area contributed by atoms with Crippen LogP contribution < -0.4 is 14.4 Å². The standard InChI is InChI=1S/C28H31F3N2O4S/c1-18(2)24-16-25(19(3)14-26(24)37-5)20(4)32-27(34)17-33(38(35,36)23-12-7-6-8-13-23)22-11-9-10-21(15-22)28(29,30)31/h6-16,18,20H,17H2,1-5H3,(H,32,34)/t20-/m1/s1. The third-order valence-corrected chi connectivity index (χ3v) is 7.95. The minimum atomic E-state index is -4.69. The van der Waals surface area contributed by atoms with Crippen LogP contribution in [0.2, 0.25) is 0 Å². The van der Waals surface area contributed by atoms with E-state index in [1.807, 2.05) is 32.9 Å². The predicted octanol–water partition coefficient (Wildman–Crippen LogP) is 6.22. The molecule has 10 heteroatoms. The number of alkyl halides is 3. The average Bonchev–Trinajstić information content (AvgIpc) is 2.86. The van der Waals surface area contributed by atoms with Gasteiger partial charge in [0.1, 0.15) is 12.3 Å². The highest BCUT2D eigenvalue weighted by atomic mass is 32.2. The zero-order chi connectivity index (χ0) is 28.3. The molecule has 1 amide bonds. The monoisotopic (exact) mass is 548 g/mol. The number of methoxy groups -OCH3 is 1. The van der Waals surface area contributed by atoms with Crippen LogP contribution in [0.4, 0.5) is 18.9 Å². The smallest absolute Gasteiger partial charge is 0.416 e. The number of hydrogen-bond donors (Lipinski definition) is 1. The van der Waals surface area contributed by atoms with Crippen molar-refractivity contribution in [3.8, 4) is 5.75 Å². The normalized spacial score (nSPS) is 12.8. The third kappa shape index (κ3) is 6.48. The summed E-state index contributed by atoms with van der Waals surface area (Å²) in [4.78, 5) is 13.0. The van der Waals surface area contributed by atoms with Crippen LogP contribution in [0.15, 0.2) is 71.6 Å². The van der Waals surface area contributed by atoms with E-state index in [2.05, 4.69) is 5.32 Å². The molecule has 0 heterocycles. The lowest BCUT2D eigenvalue weighted by Crippen LogP contribution is -2.41. The predicted molar refractivity (Wildman–Crippen MR) is 141 cm³/mol. The topological polar surface area (TPSA) is 75.7 Å². The Labute approximate surface area is 221 Å². The largest absolute Gasteiger partial charge is 0.496 e. The second-order valence-corrected chi connectivity index (χ2v) is 11.1. The summed E-state index contributed by atoms with van der Waals surface area (Å²) < 4.78 is 73.3. The quantitative estimate of drug-likeness (QED) is 0.345. The van der Waals surface area contributed by atoms with Crippen molar-refractivity contribution in [2.24, 2.45) is 0 Å². The summed E-state index contributed by atoms with van der Waals surface area (Å²) in [5.74, 6) is 0.208. The minimum Gasteiger partial charge on any atom is -0.496 e. The van der Waals surface area contributed by atoms with E-state index in [0.29, 0.717) is 4.31 Å². The van der Waals surface area contributed by atoms with Crippen molar-refractivity contribution < 1.29 is 31.1 Å². The summed E-state index contributed by atoms with van der Waals surface area (Å²) in [5.41, 5.74) is 1.35. The Bertz CT molecular complexity index is 1390. The maximum Gasteiger partial charge on any atom is 0.416 e. The van der Waals surface area contributed by atoms with Gasteiger partial charge in [0.2, 0.25) is 5.91 Å². The van der Waals surface area contributed by atoms with Crippen LogP contribution >= 0.6 is 0 Å². The van der Waals surface area contributed by atoms with Crippen molar-refractivity contribution >= 4 is 21.6 Å². The number of carbonyl (C=O) groups is 1. The van der Waals surface area contributed by atoms with E-state index in [4.69, 9.17) is 4.74 Å². The fourth-order valence-corrected chi connectivity index (χ4v) is 5.61. The van der Waals surface area contributed by atoms with Crippen LogP contribution in [0.3, 0.4) is 0 Å². The van der Waals surface area contributed by atoms with Crippen LogP contribution in [0, 0.1) is 6.92 Å². The molecule has 0 radical (unpaired) electrons. The van der Waals surface area contributed by atoms with Gasteiger partial charge in [0.05, 0.1) is 29.3 Å². The molecule has 0 fully saturated rings. The van der Waals surface area contributed by atoms with Gasteiger partial charge >= 0.3 is 6.18 Å². The highest BCUT2D eigenvalue weighted by Gasteiger charge is 2.33. The Morgan fingerprint density at radius 3 is 2.21 bits per heavy atom. The molecule has 0 aliphatic carbocycles. The summed E-state index contributed by atoms with van der Waals surface area (Å²) in [5, 5.41) is 2.80. The lowest BCUT2D eigenvalue weighted by atomic mass is 9.93. The first kappa shape index (κ1) is 29.0. The first-order chi connectivity index (χ1) is 17.8. The third-order valence-electron chi connectivity index (χ3n) is 6.16. The van der Waals surface area contributed by atoms with Gasteiger partial charge in [0.15, 0.2) is 0 Å². The number of anilines is 1. The Morgan fingerprint density at radius 1 is 0.974 bits per heavy atom. The number of ether oxygens (including phenoxy) is 1. The van der Waals surface area contributed by atoms with Gasteiger partial charge in [-0.2, -0.15) is 13.2 Å². The molecule has 0 aromatic heterocycles. The second kappa shape index (κ2) is 11.5. The number of amides is 1. The van der Waals surface area contributed by atoms with Crippen molar-refractivity contribution in [3.05, 3.63) is 89.0 Å². The zero-order valence-corrected chi connectivity index (χ0v) is 22.7. The summed E-state index contributed by atoms with van der Waals surface area (Å²) in [6, 6.07) is 14.5. The molecule has 6 nitrogen and oxygen atoms in total. The number of hydrogen-bond acceptors (Lipinski definition) is 4. The van der Waals surface area contributed by atoms with Crippen LogP contribution in [0.25, 0.3) is 0 Å². The first-order valence-corrected chi connectivity index (χ1v) is 13.4. The van der Waals surface area contributed by atoms with Gasteiger partial charge in [-0.25, -0.2) is 8.42 Å². The van der Waals surface area contributed by atoms with Crippen molar-refractivity contribution in [3.63, 3.8) is 0 Å². The molecule has 0 unspecified atom stereocenters. The van der Waals surface area contributed by atoms with Crippen LogP contribution in [-0.4, -0.2) is 28.0 Å². The number of aryl methyl sites for hydroxylation is 1. The van der Waals surface area contributed by atoms with Crippen molar-refractivity contribution in [2.45, 2.75) is 50.7 Å². The lowest BCUT2D eigenvalue weighted by Gasteiger charge is -2.26. The van der Waals surface area contributed by atoms with Gasteiger partial charge in [-0.05, 0) is 78.9 Å². The van der Waals surface area contributed by atoms with E-state index in [1.54, 1.807) is 20.1 Å². The highest BCUT2D eigenvalue weighted by Crippen LogP contribution is 2.34. The van der Waals surface area contributed by atoms with Crippen LogP contribution in [0.5, 0.6) is 5.75 Å². The highest BCUT2D eigenvalue weighted by molar-refractivity contribution is 7.92. The van der Waals surface area contributed by atoms with E-state index in [0.717, 1.165) is 40.6 Å². The molecule has 3 aromatic carbocycles. The number of sulfonamides is 1. The Morgan fingerprint density at radius 2 is 1.63 bits per heavy atom. The molecular formula is C28H31F3N2O4S. The number of rotatable bonds is 9. The lowest BCUT2D eigenvalue weighted by molar-refractivity contribution is -0.137. The molecule has 38 heavy (non-hydrogen) atoms. The summed E-state index contributed by atoms with van der Waals surface area (Å²) in [7, 11) is -2.77. The molecular weight excluding hydrogens is 517 g/mol. The molecule has 204 valence electrons. The molecule has 0 aliphatic rings. The minimum absolute atomic E-state index is 0.147. The fourth-order valence-electron chi connectivity index (χ4n) is 4.18. The molecule has 0 bridgehead atoms. The van der Waals surface area contributed by atoms with Crippen LogP contribution in [-0.2, 0) is 21.0 Å². The van der Waals surface area contributed by atoms with Gasteiger partial charge in [0, 0.05) is 0 Å². The number of nitrogens with zero attached hydrogens (tertiary/aromatic N) is 1. The summed E-state index contributed by atoms with van der Waals surface area (Å²) in [6.45, 7) is 6.95. The van der Waals surface area contributed by atoms with Gasteiger partial charge in [-0.1, -0.05) is 38.1 Å². The van der Waals surface area contributed by atoms with E-state index >= 15 is 0 Å². The fraction of sp³-hybridized carbons (Fsp3) is 0.321. The van der Waals surface area contributed by atoms with Gasteiger partial charge < -0.3 is 10.1 Å². The van der Waals surface area contributed by atoms with E-state index < -0.39 is 40.3 Å². The van der Waals surface area contributed by atoms with Gasteiger partial charge in [-0.3, -0.25) is 9.10 Å². The molecule has 1 N–H and O–H groups in total. The van der Waals surface area contributed by atoms with Crippen LogP contribution in [0.1, 0.15) is 55.0 Å². The molecule has 0 saturated heterocycles.